The van der Waals surface area contributed by atoms with E-state index in [0.29, 0.717) is 24.5 Å². The molecule has 30 heavy (non-hydrogen) atoms. The molecule has 4 rings (SSSR count). The summed E-state index contributed by atoms with van der Waals surface area (Å²) in [5, 5.41) is 2.91. The van der Waals surface area contributed by atoms with Crippen molar-refractivity contribution < 1.29 is 22.4 Å². The molecule has 0 saturated heterocycles. The molecule has 0 radical (unpaired) electrons. The summed E-state index contributed by atoms with van der Waals surface area (Å²) in [6.45, 7) is 5.04. The van der Waals surface area contributed by atoms with Crippen LogP contribution in [-0.4, -0.2) is 18.4 Å². The summed E-state index contributed by atoms with van der Waals surface area (Å²) in [5.41, 5.74) is 5.37. The molecule has 1 amide bonds. The van der Waals surface area contributed by atoms with Gasteiger partial charge in [-0.2, -0.15) is 0 Å². The molecule has 3 nitrogen and oxygen atoms in total. The molecule has 1 saturated carbocycles. The van der Waals surface area contributed by atoms with Crippen molar-refractivity contribution >= 4 is 17.3 Å². The average molecular weight is 420 g/mol. The molecule has 1 N–H and O–H groups in total. The molecule has 0 bridgehead atoms. The molecule has 0 atom stereocenters. The first kappa shape index (κ1) is 20.7. The lowest BCUT2D eigenvalue weighted by atomic mass is 9.79. The van der Waals surface area contributed by atoms with Gasteiger partial charge in [-0.3, -0.25) is 4.79 Å². The number of amides is 1. The largest absolute Gasteiger partial charge is 0.367 e. The minimum absolute atomic E-state index is 0.0898. The van der Waals surface area contributed by atoms with E-state index in [4.69, 9.17) is 0 Å². The van der Waals surface area contributed by atoms with Crippen molar-refractivity contribution in [1.82, 2.24) is 0 Å². The van der Waals surface area contributed by atoms with Gasteiger partial charge in [0.05, 0.1) is 0 Å². The number of nitrogens with zero attached hydrogens (tertiary/aromatic N) is 1. The third-order valence-electron chi connectivity index (χ3n) is 6.18. The van der Waals surface area contributed by atoms with Gasteiger partial charge in [0.2, 0.25) is 11.8 Å². The standard InChI is InChI=1S/C23H24F4N2O/c1-13-7-16-5-6-29(17-3-4-19(24)20(25)9-17)12-18(16)14(2)22(13)28-21(30)8-15-10-23(26,27)11-15/h3-4,7,9,15H,5-6,8,10-12H2,1-2H3,(H,28,30). The van der Waals surface area contributed by atoms with Crippen molar-refractivity contribution in [1.29, 1.82) is 0 Å². The Labute approximate surface area is 173 Å². The summed E-state index contributed by atoms with van der Waals surface area (Å²) in [7, 11) is 0. The van der Waals surface area contributed by atoms with Crippen LogP contribution in [0.25, 0.3) is 0 Å². The first-order valence-corrected chi connectivity index (χ1v) is 10.1. The number of hydrogen-bond acceptors (Lipinski definition) is 2. The Kier molecular flexibility index (Phi) is 5.24. The summed E-state index contributed by atoms with van der Waals surface area (Å²) in [4.78, 5) is 14.4. The lowest BCUT2D eigenvalue weighted by molar-refractivity contribution is -0.129. The zero-order chi connectivity index (χ0) is 21.6. The van der Waals surface area contributed by atoms with E-state index in [1.54, 1.807) is 6.07 Å². The van der Waals surface area contributed by atoms with Gasteiger partial charge in [-0.25, -0.2) is 17.6 Å². The minimum Gasteiger partial charge on any atom is -0.367 e. The monoisotopic (exact) mass is 420 g/mol. The van der Waals surface area contributed by atoms with Crippen molar-refractivity contribution in [3.05, 3.63) is 58.2 Å². The van der Waals surface area contributed by atoms with E-state index in [-0.39, 0.29) is 31.1 Å². The molecule has 1 heterocycles. The van der Waals surface area contributed by atoms with Gasteiger partial charge in [0.15, 0.2) is 11.6 Å². The van der Waals surface area contributed by atoms with E-state index in [1.807, 2.05) is 24.8 Å². The summed E-state index contributed by atoms with van der Waals surface area (Å²) in [6, 6.07) is 5.92. The lowest BCUT2D eigenvalue weighted by Gasteiger charge is -2.35. The predicted octanol–water partition coefficient (Wildman–Crippen LogP) is 5.52. The molecule has 0 spiro atoms. The van der Waals surface area contributed by atoms with E-state index >= 15 is 0 Å². The highest BCUT2D eigenvalue weighted by Crippen LogP contribution is 2.44. The fraction of sp³-hybridized carbons (Fsp3) is 0.435. The number of nitrogens with one attached hydrogen (secondary N) is 1. The van der Waals surface area contributed by atoms with Crippen molar-refractivity contribution in [3.63, 3.8) is 0 Å². The Balaban J connectivity index is 1.52. The van der Waals surface area contributed by atoms with Crippen molar-refractivity contribution in [2.75, 3.05) is 16.8 Å². The number of anilines is 2. The zero-order valence-electron chi connectivity index (χ0n) is 17.0. The molecule has 0 aromatic heterocycles. The maximum atomic E-state index is 13.7. The Morgan fingerprint density at radius 1 is 1.17 bits per heavy atom. The Bertz CT molecular complexity index is 997. The topological polar surface area (TPSA) is 32.3 Å². The number of halogens is 4. The Morgan fingerprint density at radius 2 is 1.90 bits per heavy atom. The fourth-order valence-electron chi connectivity index (χ4n) is 4.55. The van der Waals surface area contributed by atoms with E-state index in [9.17, 15) is 22.4 Å². The number of carbonyl (C=O) groups excluding carboxylic acids is 1. The van der Waals surface area contributed by atoms with Crippen LogP contribution < -0.4 is 10.2 Å². The van der Waals surface area contributed by atoms with Gasteiger partial charge in [0.1, 0.15) is 0 Å². The second-order valence-electron chi connectivity index (χ2n) is 8.48. The SMILES string of the molecule is Cc1cc2c(c(C)c1NC(=O)CC1CC(F)(F)C1)CN(c1ccc(F)c(F)c1)CC2. The molecule has 1 aliphatic carbocycles. The molecular weight excluding hydrogens is 396 g/mol. The van der Waals surface area contributed by atoms with Gasteiger partial charge in [-0.15, -0.1) is 0 Å². The Morgan fingerprint density at radius 3 is 2.57 bits per heavy atom. The minimum atomic E-state index is -2.63. The smallest absolute Gasteiger partial charge is 0.248 e. The number of fused-ring (bicyclic) bond motifs is 1. The van der Waals surface area contributed by atoms with Crippen LogP contribution in [0, 0.1) is 31.4 Å². The normalized spacial score (nSPS) is 18.0. The predicted molar refractivity (Wildman–Crippen MR) is 108 cm³/mol. The number of rotatable bonds is 4. The molecule has 160 valence electrons. The molecule has 0 unspecified atom stereocenters. The number of benzene rings is 2. The van der Waals surface area contributed by atoms with Crippen LogP contribution in [0.15, 0.2) is 24.3 Å². The zero-order valence-corrected chi connectivity index (χ0v) is 17.0. The number of alkyl halides is 2. The van der Waals surface area contributed by atoms with Gasteiger partial charge < -0.3 is 10.2 Å². The molecule has 2 aromatic carbocycles. The highest BCUT2D eigenvalue weighted by molar-refractivity contribution is 5.93. The molecule has 2 aromatic rings. The Hall–Kier alpha value is -2.57. The van der Waals surface area contributed by atoms with E-state index < -0.39 is 17.6 Å². The second kappa shape index (κ2) is 7.60. The maximum Gasteiger partial charge on any atom is 0.248 e. The van der Waals surface area contributed by atoms with Crippen LogP contribution in [0.4, 0.5) is 28.9 Å². The lowest BCUT2D eigenvalue weighted by Crippen LogP contribution is -2.37. The van der Waals surface area contributed by atoms with Crippen LogP contribution in [0.3, 0.4) is 0 Å². The van der Waals surface area contributed by atoms with E-state index in [2.05, 4.69) is 5.32 Å². The quantitative estimate of drug-likeness (QED) is 0.661. The summed E-state index contributed by atoms with van der Waals surface area (Å²) in [5.74, 6) is -4.92. The average Bonchev–Trinajstić information content (AvgIpc) is 2.65. The van der Waals surface area contributed by atoms with Crippen LogP contribution in [-0.2, 0) is 17.8 Å². The first-order valence-electron chi connectivity index (χ1n) is 10.1. The fourth-order valence-corrected chi connectivity index (χ4v) is 4.55. The van der Waals surface area contributed by atoms with E-state index in [0.717, 1.165) is 29.2 Å². The summed E-state index contributed by atoms with van der Waals surface area (Å²) < 4.78 is 53.0. The van der Waals surface area contributed by atoms with Gasteiger partial charge in [-0.1, -0.05) is 6.07 Å². The van der Waals surface area contributed by atoms with Crippen molar-refractivity contribution in [2.24, 2.45) is 5.92 Å². The van der Waals surface area contributed by atoms with Crippen LogP contribution in [0.5, 0.6) is 0 Å². The number of aryl methyl sites for hydroxylation is 1. The molecule has 2 aliphatic rings. The molecular formula is C23H24F4N2O. The van der Waals surface area contributed by atoms with Crippen LogP contribution in [0.2, 0.25) is 0 Å². The van der Waals surface area contributed by atoms with Crippen LogP contribution >= 0.6 is 0 Å². The van der Waals surface area contributed by atoms with Crippen LogP contribution in [0.1, 0.15) is 41.5 Å². The van der Waals surface area contributed by atoms with Gasteiger partial charge in [-0.05, 0) is 60.6 Å². The van der Waals surface area contributed by atoms with Crippen molar-refractivity contribution in [3.8, 4) is 0 Å². The van der Waals surface area contributed by atoms with Gasteiger partial charge in [0, 0.05) is 49.8 Å². The molecule has 1 fully saturated rings. The summed E-state index contributed by atoms with van der Waals surface area (Å²) >= 11 is 0. The number of hydrogen-bond donors (Lipinski definition) is 1. The summed E-state index contributed by atoms with van der Waals surface area (Å²) in [6.07, 6.45) is 0.380. The highest BCUT2D eigenvalue weighted by atomic mass is 19.3. The highest BCUT2D eigenvalue weighted by Gasteiger charge is 2.45. The number of carbonyl (C=O) groups is 1. The van der Waals surface area contributed by atoms with Crippen molar-refractivity contribution in [2.45, 2.75) is 52.0 Å². The molecule has 1 aliphatic heterocycles. The first-order chi connectivity index (χ1) is 14.1. The molecule has 7 heteroatoms. The third kappa shape index (κ3) is 4.02. The van der Waals surface area contributed by atoms with Gasteiger partial charge in [0.25, 0.3) is 0 Å². The third-order valence-corrected chi connectivity index (χ3v) is 6.18. The maximum absolute atomic E-state index is 13.7. The van der Waals surface area contributed by atoms with E-state index in [1.165, 1.54) is 11.6 Å². The van der Waals surface area contributed by atoms with Gasteiger partial charge >= 0.3 is 0 Å². The second-order valence-corrected chi connectivity index (χ2v) is 8.48.